The van der Waals surface area contributed by atoms with Crippen molar-refractivity contribution in [2.75, 3.05) is 40.6 Å². The third-order valence-electron chi connectivity index (χ3n) is 26.3. The zero-order chi connectivity index (χ0) is 69.1. The lowest BCUT2D eigenvalue weighted by atomic mass is 9.50. The van der Waals surface area contributed by atoms with Crippen LogP contribution in [0.1, 0.15) is 290 Å². The van der Waals surface area contributed by atoms with Crippen LogP contribution in [-0.2, 0) is 76.1 Å². The van der Waals surface area contributed by atoms with Gasteiger partial charge in [0.15, 0.2) is 34.0 Å². The maximum absolute atomic E-state index is 12.3. The van der Waals surface area contributed by atoms with E-state index in [0.29, 0.717) is 35.4 Å². The van der Waals surface area contributed by atoms with Crippen molar-refractivity contribution in [2.24, 2.45) is 109 Å². The van der Waals surface area contributed by atoms with E-state index in [1.54, 1.807) is 0 Å². The van der Waals surface area contributed by atoms with E-state index in [2.05, 4.69) is 0 Å². The second-order valence-corrected chi connectivity index (χ2v) is 35.5. The Kier molecular flexibility index (Phi) is 27.7. The molecular formula is C79H132O16. The van der Waals surface area contributed by atoms with Gasteiger partial charge in [0.2, 0.25) is 0 Å². The lowest BCUT2D eigenvalue weighted by Crippen LogP contribution is -2.55. The average Bonchev–Trinajstić information content (AvgIpc) is 1.49. The molecule has 0 aromatic heterocycles. The Hall–Kier alpha value is -3.18. The summed E-state index contributed by atoms with van der Waals surface area (Å²) in [5.41, 5.74) is -1.64. The van der Waals surface area contributed by atoms with Gasteiger partial charge in [-0.25, -0.2) is 0 Å². The molecule has 15 aliphatic carbocycles. The van der Waals surface area contributed by atoms with Crippen molar-refractivity contribution >= 4 is 35.6 Å². The summed E-state index contributed by atoms with van der Waals surface area (Å²) in [4.78, 5) is 71.5. The molecule has 14 bridgehead atoms. The molecule has 0 aromatic carbocycles. The van der Waals surface area contributed by atoms with Gasteiger partial charge in [-0.2, -0.15) is 0 Å². The molecule has 15 fully saturated rings. The van der Waals surface area contributed by atoms with Gasteiger partial charge in [0.25, 0.3) is 0 Å². The highest BCUT2D eigenvalue weighted by Gasteiger charge is 2.55. The number of ether oxygens (including phenoxy) is 10. The minimum absolute atomic E-state index is 0.0114. The average molecular weight is 1340 g/mol. The van der Waals surface area contributed by atoms with Crippen molar-refractivity contribution in [3.8, 4) is 0 Å². The first kappa shape index (κ1) is 77.6. The number of hydrogen-bond donors (Lipinski definition) is 0. The van der Waals surface area contributed by atoms with Crippen molar-refractivity contribution in [3.05, 3.63) is 0 Å². The summed E-state index contributed by atoms with van der Waals surface area (Å²) >= 11 is 0. The molecule has 16 heteroatoms. The van der Waals surface area contributed by atoms with E-state index in [4.69, 9.17) is 47.4 Å². The summed E-state index contributed by atoms with van der Waals surface area (Å²) in [6, 6.07) is 0. The van der Waals surface area contributed by atoms with E-state index in [1.165, 1.54) is 122 Å². The molecule has 0 radical (unpaired) electrons. The highest BCUT2D eigenvalue weighted by Crippen LogP contribution is 2.60. The smallest absolute Gasteiger partial charge is 0.313 e. The number of rotatable bonds is 26. The Labute approximate surface area is 573 Å². The predicted octanol–water partition coefficient (Wildman–Crippen LogP) is 17.3. The molecule has 15 saturated carbocycles. The Balaban J connectivity index is 0.000000153. The summed E-state index contributed by atoms with van der Waals surface area (Å²) < 4.78 is 55.1. The van der Waals surface area contributed by atoms with E-state index in [0.717, 1.165) is 130 Å². The lowest BCUT2D eigenvalue weighted by molar-refractivity contribution is -0.194. The fourth-order valence-electron chi connectivity index (χ4n) is 18.8. The molecule has 0 amide bonds. The van der Waals surface area contributed by atoms with E-state index in [-0.39, 0.29) is 81.8 Å². The van der Waals surface area contributed by atoms with Crippen molar-refractivity contribution in [3.63, 3.8) is 0 Å². The second-order valence-electron chi connectivity index (χ2n) is 35.5. The number of hydrogen-bond acceptors (Lipinski definition) is 16. The second kappa shape index (κ2) is 34.0. The number of carbonyl (C=O) groups excluding carboxylic acids is 6. The number of esters is 5. The zero-order valence-corrected chi connectivity index (χ0v) is 62.1. The molecule has 0 heterocycles. The predicted molar refractivity (Wildman–Crippen MR) is 364 cm³/mol. The van der Waals surface area contributed by atoms with Gasteiger partial charge in [-0.1, -0.05) is 53.9 Å². The van der Waals surface area contributed by atoms with E-state index < -0.39 is 27.1 Å². The van der Waals surface area contributed by atoms with Crippen LogP contribution in [0.4, 0.5) is 0 Å². The number of ketones is 1. The summed E-state index contributed by atoms with van der Waals surface area (Å²) in [5, 5.41) is 0. The molecule has 0 saturated heterocycles. The molecule has 15 rings (SSSR count). The van der Waals surface area contributed by atoms with E-state index in [1.807, 2.05) is 104 Å². The fraction of sp³-hybridized carbons (Fsp3) is 0.924. The number of carbonyl (C=O) groups is 6. The third-order valence-corrected chi connectivity index (χ3v) is 26.3. The van der Waals surface area contributed by atoms with Gasteiger partial charge in [-0.3, -0.25) is 28.8 Å². The van der Waals surface area contributed by atoms with E-state index >= 15 is 0 Å². The normalized spacial score (nSPS) is 33.7. The first-order chi connectivity index (χ1) is 44.9. The van der Waals surface area contributed by atoms with Crippen LogP contribution in [0.2, 0.25) is 0 Å². The molecule has 16 nitrogen and oxygen atoms in total. The van der Waals surface area contributed by atoms with Gasteiger partial charge in [-0.15, -0.1) is 0 Å². The molecule has 0 aromatic rings. The highest BCUT2D eigenvalue weighted by molar-refractivity contribution is 5.86. The fourth-order valence-corrected chi connectivity index (χ4v) is 18.8. The molecule has 15 aliphatic rings. The zero-order valence-electron chi connectivity index (χ0n) is 62.1. The third kappa shape index (κ3) is 20.8. The monoisotopic (exact) mass is 1340 g/mol. The van der Waals surface area contributed by atoms with Gasteiger partial charge < -0.3 is 47.4 Å². The van der Waals surface area contributed by atoms with Crippen LogP contribution >= 0.6 is 0 Å². The summed E-state index contributed by atoms with van der Waals surface area (Å²) in [5.74, 6) is 8.93. The molecular weight excluding hydrogens is 1200 g/mol. The largest absolute Gasteiger partial charge is 0.438 e. The minimum Gasteiger partial charge on any atom is -0.438 e. The Morgan fingerprint density at radius 3 is 1.17 bits per heavy atom. The van der Waals surface area contributed by atoms with Crippen molar-refractivity contribution in [1.82, 2.24) is 0 Å². The Bertz CT molecular complexity index is 2430. The Morgan fingerprint density at radius 1 is 0.368 bits per heavy atom. The molecule has 8 unspecified atom stereocenters. The molecule has 0 aliphatic heterocycles. The standard InChI is InChI=1S/C18H30O3.C17H26O4.C17H28O3.C14H24O3.C13H24O3/c1-4-17(2,3)16(19)21-12-20-11-18-8-13-5-14(9-18)7-15(6-13)10-18;1-4-17(2,3)16(19)21-9-20-15-12-6-10-5-11(8-12)14(18)13(15)7-10;1-4-17(2,3)16(18)20-10-19-15-13-6-11-5-12(8-13)9-14(15)7-11;1-4-14(2,3)13(15)17-9-16-12-8-10-5-6-11(12)7-10;1-4-13(2,3)12(14)16-10-15-11-8-6-5-7-9-11/h13-15H,4-12H2,1-3H3;10-13,15H,4-9H2,1-3H3;11-15H,4-10H2,1-3H3;10-12H,4-9H2,1-3H3;11H,4-10H2,1-3H3. The SMILES string of the molecule is CCC(C)(C)C(=O)OCOC1C2CC3CC(C2)C(=O)C1C3.CCC(C)(C)C(=O)OCOC1C2CC3CC(C2)CC1C3.CCC(C)(C)C(=O)OCOC1CC2CCC1C2.CCC(C)(C)C(=O)OCOC1CCCCC1.CCC(C)(C)C(=O)OCOCC12CC3CC(CC(C3)C1)C2. The van der Waals surface area contributed by atoms with Gasteiger partial charge in [0.1, 0.15) is 5.78 Å². The van der Waals surface area contributed by atoms with E-state index in [9.17, 15) is 28.8 Å². The molecule has 544 valence electrons. The summed E-state index contributed by atoms with van der Waals surface area (Å²) in [6.45, 7) is 30.4. The molecule has 95 heavy (non-hydrogen) atoms. The maximum atomic E-state index is 12.3. The van der Waals surface area contributed by atoms with Crippen LogP contribution in [0.5, 0.6) is 0 Å². The highest BCUT2D eigenvalue weighted by atomic mass is 16.7. The van der Waals surface area contributed by atoms with Crippen LogP contribution in [0.3, 0.4) is 0 Å². The lowest BCUT2D eigenvalue weighted by Gasteiger charge is -2.56. The number of Topliss-reactive ketones (excluding diaryl/α,β-unsaturated/α-hetero) is 1. The minimum atomic E-state index is -0.469. The van der Waals surface area contributed by atoms with Crippen LogP contribution < -0.4 is 0 Å². The van der Waals surface area contributed by atoms with Crippen LogP contribution in [0.15, 0.2) is 0 Å². The number of fused-ring (bicyclic) bond motifs is 2. The molecule has 8 atom stereocenters. The van der Waals surface area contributed by atoms with Crippen molar-refractivity contribution in [2.45, 2.75) is 314 Å². The van der Waals surface area contributed by atoms with Crippen LogP contribution in [-0.4, -0.2) is 101 Å². The summed E-state index contributed by atoms with van der Waals surface area (Å²) in [7, 11) is 0. The van der Waals surface area contributed by atoms with Crippen molar-refractivity contribution < 1.29 is 76.1 Å². The maximum Gasteiger partial charge on any atom is 0.313 e. The summed E-state index contributed by atoms with van der Waals surface area (Å²) in [6.07, 6.45) is 35.4. The first-order valence-corrected chi connectivity index (χ1v) is 38.4. The van der Waals surface area contributed by atoms with Gasteiger partial charge >= 0.3 is 29.8 Å². The molecule has 0 N–H and O–H groups in total. The van der Waals surface area contributed by atoms with Gasteiger partial charge in [0.05, 0.1) is 58.1 Å². The molecule has 0 spiro atoms. The van der Waals surface area contributed by atoms with Gasteiger partial charge in [0, 0.05) is 11.8 Å². The quantitative estimate of drug-likeness (QED) is 0.0343. The first-order valence-electron chi connectivity index (χ1n) is 38.4. The Morgan fingerprint density at radius 2 is 0.747 bits per heavy atom. The van der Waals surface area contributed by atoms with Crippen LogP contribution in [0, 0.1) is 109 Å². The van der Waals surface area contributed by atoms with Crippen molar-refractivity contribution in [1.29, 1.82) is 0 Å². The van der Waals surface area contributed by atoms with Gasteiger partial charge in [-0.05, 0) is 307 Å². The van der Waals surface area contributed by atoms with Crippen LogP contribution in [0.25, 0.3) is 0 Å². The topological polar surface area (TPSA) is 195 Å².